The molecule has 0 saturated heterocycles. The Morgan fingerprint density at radius 2 is 2.00 bits per heavy atom. The second-order valence-corrected chi connectivity index (χ2v) is 6.06. The molecule has 0 aliphatic heterocycles. The Balaban J connectivity index is 2.30. The lowest BCUT2D eigenvalue weighted by atomic mass is 10.2. The number of methoxy groups -OCH3 is 1. The van der Waals surface area contributed by atoms with Crippen LogP contribution < -0.4 is 9.47 Å². The second-order valence-electron chi connectivity index (χ2n) is 5.67. The number of nitrogens with one attached hydrogen (secondary N) is 1. The van der Waals surface area contributed by atoms with Gasteiger partial charge in [0, 0.05) is 5.92 Å². The summed E-state index contributed by atoms with van der Waals surface area (Å²) in [5.41, 5.74) is 0.885. The fourth-order valence-electron chi connectivity index (χ4n) is 2.03. The molecule has 2 rings (SSSR count). The highest BCUT2D eigenvalue weighted by Gasteiger charge is 2.10. The van der Waals surface area contributed by atoms with E-state index in [-0.39, 0.29) is 12.0 Å². The maximum atomic E-state index is 5.70. The number of aromatic nitrogens is 3. The monoisotopic (exact) mass is 334 g/mol. The molecule has 1 aromatic carbocycles. The first-order valence-corrected chi connectivity index (χ1v) is 7.89. The van der Waals surface area contributed by atoms with Crippen molar-refractivity contribution in [2.75, 3.05) is 7.11 Å². The van der Waals surface area contributed by atoms with Gasteiger partial charge in [0.05, 0.1) is 19.4 Å². The maximum Gasteiger partial charge on any atom is 0.216 e. The summed E-state index contributed by atoms with van der Waals surface area (Å²) in [5, 5.41) is 11.4. The van der Waals surface area contributed by atoms with Crippen molar-refractivity contribution in [2.45, 2.75) is 39.7 Å². The topological polar surface area (TPSA) is 64.4 Å². The SMILES string of the molecule is COc1cc(/C=N/n2c(C(C)C)n[nH]c2=S)ccc1OC(C)C. The maximum absolute atomic E-state index is 5.70. The predicted molar refractivity (Wildman–Crippen MR) is 93.3 cm³/mol. The second kappa shape index (κ2) is 7.41. The smallest absolute Gasteiger partial charge is 0.216 e. The van der Waals surface area contributed by atoms with Crippen molar-refractivity contribution >= 4 is 18.4 Å². The minimum Gasteiger partial charge on any atom is -0.493 e. The molecule has 124 valence electrons. The van der Waals surface area contributed by atoms with Crippen LogP contribution in [0.4, 0.5) is 0 Å². The number of hydrogen-bond acceptors (Lipinski definition) is 5. The average Bonchev–Trinajstić information content (AvgIpc) is 2.87. The lowest BCUT2D eigenvalue weighted by Gasteiger charge is -2.13. The van der Waals surface area contributed by atoms with Gasteiger partial charge in [0.25, 0.3) is 0 Å². The van der Waals surface area contributed by atoms with Crippen molar-refractivity contribution in [3.8, 4) is 11.5 Å². The molecule has 0 saturated carbocycles. The number of benzene rings is 1. The van der Waals surface area contributed by atoms with Gasteiger partial charge < -0.3 is 9.47 Å². The first-order valence-electron chi connectivity index (χ1n) is 7.48. The van der Waals surface area contributed by atoms with E-state index < -0.39 is 0 Å². The molecule has 0 radical (unpaired) electrons. The van der Waals surface area contributed by atoms with Gasteiger partial charge >= 0.3 is 0 Å². The van der Waals surface area contributed by atoms with Gasteiger partial charge in [-0.3, -0.25) is 5.10 Å². The summed E-state index contributed by atoms with van der Waals surface area (Å²) in [6, 6.07) is 5.67. The lowest BCUT2D eigenvalue weighted by Crippen LogP contribution is -2.07. The highest BCUT2D eigenvalue weighted by Crippen LogP contribution is 2.28. The van der Waals surface area contributed by atoms with E-state index in [4.69, 9.17) is 21.7 Å². The third-order valence-corrected chi connectivity index (χ3v) is 3.33. The molecule has 0 aliphatic carbocycles. The molecule has 0 fully saturated rings. The summed E-state index contributed by atoms with van der Waals surface area (Å²) in [7, 11) is 1.62. The zero-order valence-electron chi connectivity index (χ0n) is 14.0. The summed E-state index contributed by atoms with van der Waals surface area (Å²) < 4.78 is 13.2. The molecule has 2 aromatic rings. The molecule has 0 amide bonds. The summed E-state index contributed by atoms with van der Waals surface area (Å²) >= 11 is 5.21. The van der Waals surface area contributed by atoms with Crippen molar-refractivity contribution in [2.24, 2.45) is 5.10 Å². The first kappa shape index (κ1) is 17.2. The Kier molecular flexibility index (Phi) is 5.54. The van der Waals surface area contributed by atoms with Crippen LogP contribution in [0.15, 0.2) is 23.3 Å². The average molecular weight is 334 g/mol. The van der Waals surface area contributed by atoms with Gasteiger partial charge in [0.2, 0.25) is 4.77 Å². The van der Waals surface area contributed by atoms with Crippen LogP contribution in [-0.4, -0.2) is 34.3 Å². The van der Waals surface area contributed by atoms with E-state index in [1.165, 1.54) is 0 Å². The zero-order chi connectivity index (χ0) is 17.0. The molecule has 0 atom stereocenters. The molecule has 1 heterocycles. The highest BCUT2D eigenvalue weighted by molar-refractivity contribution is 7.71. The fourth-order valence-corrected chi connectivity index (χ4v) is 2.22. The van der Waals surface area contributed by atoms with Gasteiger partial charge in [-0.25, -0.2) is 0 Å². The van der Waals surface area contributed by atoms with Crippen LogP contribution in [-0.2, 0) is 0 Å². The van der Waals surface area contributed by atoms with Crippen LogP contribution in [0.3, 0.4) is 0 Å². The standard InChI is InChI=1S/C16H22N4O2S/c1-10(2)15-18-19-16(23)20(15)17-9-12-6-7-13(22-11(3)4)14(8-12)21-5/h6-11H,1-5H3,(H,19,23)/b17-9+. The van der Waals surface area contributed by atoms with Crippen LogP contribution in [0.1, 0.15) is 45.0 Å². The summed E-state index contributed by atoms with van der Waals surface area (Å²) in [6.45, 7) is 8.03. The van der Waals surface area contributed by atoms with E-state index in [1.54, 1.807) is 18.0 Å². The van der Waals surface area contributed by atoms with E-state index in [0.29, 0.717) is 16.3 Å². The normalized spacial score (nSPS) is 11.6. The van der Waals surface area contributed by atoms with E-state index in [2.05, 4.69) is 15.3 Å². The molecular formula is C16H22N4O2S. The molecular weight excluding hydrogens is 312 g/mol. The van der Waals surface area contributed by atoms with Crippen LogP contribution in [0.25, 0.3) is 0 Å². The van der Waals surface area contributed by atoms with Crippen LogP contribution >= 0.6 is 12.2 Å². The van der Waals surface area contributed by atoms with Gasteiger partial charge in [-0.2, -0.15) is 14.9 Å². The lowest BCUT2D eigenvalue weighted by molar-refractivity contribution is 0.230. The fraction of sp³-hybridized carbons (Fsp3) is 0.438. The van der Waals surface area contributed by atoms with Crippen LogP contribution in [0.5, 0.6) is 11.5 Å². The molecule has 0 bridgehead atoms. The van der Waals surface area contributed by atoms with Crippen molar-refractivity contribution < 1.29 is 9.47 Å². The largest absolute Gasteiger partial charge is 0.493 e. The molecule has 0 spiro atoms. The highest BCUT2D eigenvalue weighted by atomic mass is 32.1. The number of aromatic amines is 1. The molecule has 0 aliphatic rings. The number of H-pyrrole nitrogens is 1. The van der Waals surface area contributed by atoms with Crippen LogP contribution in [0.2, 0.25) is 0 Å². The third kappa shape index (κ3) is 4.19. The van der Waals surface area contributed by atoms with Crippen LogP contribution in [0, 0.1) is 4.77 Å². The quantitative estimate of drug-likeness (QED) is 0.645. The van der Waals surface area contributed by atoms with E-state index in [0.717, 1.165) is 11.4 Å². The van der Waals surface area contributed by atoms with E-state index in [9.17, 15) is 0 Å². The number of nitrogens with zero attached hydrogens (tertiary/aromatic N) is 3. The number of ether oxygens (including phenoxy) is 2. The van der Waals surface area contributed by atoms with Crippen molar-refractivity contribution in [3.63, 3.8) is 0 Å². The Labute approximate surface area is 141 Å². The molecule has 7 heteroatoms. The minimum absolute atomic E-state index is 0.0845. The number of rotatable bonds is 6. The van der Waals surface area contributed by atoms with Gasteiger partial charge in [-0.05, 0) is 49.8 Å². The Bertz CT molecular complexity index is 747. The zero-order valence-corrected chi connectivity index (χ0v) is 14.8. The van der Waals surface area contributed by atoms with Crippen molar-refractivity contribution in [3.05, 3.63) is 34.4 Å². The third-order valence-electron chi connectivity index (χ3n) is 3.06. The molecule has 1 N–H and O–H groups in total. The first-order chi connectivity index (χ1) is 10.9. The van der Waals surface area contributed by atoms with Crippen molar-refractivity contribution in [1.82, 2.24) is 14.9 Å². The Morgan fingerprint density at radius 3 is 2.61 bits per heavy atom. The molecule has 6 nitrogen and oxygen atoms in total. The van der Waals surface area contributed by atoms with Gasteiger partial charge in [-0.1, -0.05) is 13.8 Å². The molecule has 1 aromatic heterocycles. The minimum atomic E-state index is 0.0845. The van der Waals surface area contributed by atoms with Gasteiger partial charge in [0.15, 0.2) is 17.3 Å². The summed E-state index contributed by atoms with van der Waals surface area (Å²) in [4.78, 5) is 0. The van der Waals surface area contributed by atoms with Gasteiger partial charge in [-0.15, -0.1) is 0 Å². The Hall–Kier alpha value is -2.15. The summed E-state index contributed by atoms with van der Waals surface area (Å²) in [6.07, 6.45) is 1.81. The molecule has 23 heavy (non-hydrogen) atoms. The predicted octanol–water partition coefficient (Wildman–Crippen LogP) is 3.74. The number of hydrogen-bond donors (Lipinski definition) is 1. The van der Waals surface area contributed by atoms with Crippen molar-refractivity contribution in [1.29, 1.82) is 0 Å². The molecule has 0 unspecified atom stereocenters. The van der Waals surface area contributed by atoms with E-state index >= 15 is 0 Å². The van der Waals surface area contributed by atoms with E-state index in [1.807, 2.05) is 45.9 Å². The Morgan fingerprint density at radius 1 is 1.26 bits per heavy atom. The van der Waals surface area contributed by atoms with Gasteiger partial charge in [0.1, 0.15) is 0 Å². The summed E-state index contributed by atoms with van der Waals surface area (Å²) in [5.74, 6) is 2.39.